The van der Waals surface area contributed by atoms with Crippen LogP contribution in [0.1, 0.15) is 15.9 Å². The SMILES string of the molecule is COc1ccccc1/C=C1/SC(=S)N(CC(=O)c2ccccc2)C1=O. The number of carbonyl (C=O) groups excluding carboxylic acids is 2. The number of thiocarbonyl (C=S) groups is 1. The molecule has 1 fully saturated rings. The quantitative estimate of drug-likeness (QED) is 0.456. The summed E-state index contributed by atoms with van der Waals surface area (Å²) in [6.07, 6.45) is 1.74. The van der Waals surface area contributed by atoms with Crippen molar-refractivity contribution in [2.45, 2.75) is 0 Å². The second-order valence-corrected chi connectivity index (χ2v) is 6.97. The zero-order valence-electron chi connectivity index (χ0n) is 13.5. The Morgan fingerprint density at radius 2 is 1.84 bits per heavy atom. The van der Waals surface area contributed by atoms with E-state index in [1.54, 1.807) is 37.5 Å². The zero-order chi connectivity index (χ0) is 17.8. The Labute approximate surface area is 155 Å². The number of hydrogen-bond acceptors (Lipinski definition) is 5. The molecule has 1 saturated heterocycles. The Hall–Kier alpha value is -2.44. The molecule has 0 aromatic heterocycles. The lowest BCUT2D eigenvalue weighted by molar-refractivity contribution is -0.121. The van der Waals surface area contributed by atoms with Crippen LogP contribution in [0.4, 0.5) is 0 Å². The van der Waals surface area contributed by atoms with E-state index in [1.165, 1.54) is 16.7 Å². The van der Waals surface area contributed by atoms with Gasteiger partial charge in [0.05, 0.1) is 18.6 Å². The first-order chi connectivity index (χ1) is 12.1. The topological polar surface area (TPSA) is 46.6 Å². The maximum atomic E-state index is 12.6. The van der Waals surface area contributed by atoms with Gasteiger partial charge in [0.15, 0.2) is 5.78 Å². The van der Waals surface area contributed by atoms with E-state index in [4.69, 9.17) is 17.0 Å². The van der Waals surface area contributed by atoms with Crippen molar-refractivity contribution in [3.05, 3.63) is 70.6 Å². The maximum Gasteiger partial charge on any atom is 0.266 e. The Kier molecular flexibility index (Phi) is 5.31. The van der Waals surface area contributed by atoms with Gasteiger partial charge >= 0.3 is 0 Å². The number of ether oxygens (including phenoxy) is 1. The highest BCUT2D eigenvalue weighted by molar-refractivity contribution is 8.26. The summed E-state index contributed by atoms with van der Waals surface area (Å²) in [5, 5.41) is 0. The second-order valence-electron chi connectivity index (χ2n) is 5.30. The highest BCUT2D eigenvalue weighted by Gasteiger charge is 2.33. The third kappa shape index (κ3) is 3.81. The monoisotopic (exact) mass is 369 g/mol. The van der Waals surface area contributed by atoms with Gasteiger partial charge in [0.25, 0.3) is 5.91 Å². The Morgan fingerprint density at radius 3 is 2.56 bits per heavy atom. The lowest BCUT2D eigenvalue weighted by atomic mass is 10.1. The van der Waals surface area contributed by atoms with Gasteiger partial charge in [-0.05, 0) is 12.1 Å². The molecule has 0 N–H and O–H groups in total. The number of hydrogen-bond donors (Lipinski definition) is 0. The smallest absolute Gasteiger partial charge is 0.266 e. The minimum absolute atomic E-state index is 0.0576. The first-order valence-electron chi connectivity index (χ1n) is 7.57. The molecule has 3 rings (SSSR count). The van der Waals surface area contributed by atoms with Crippen molar-refractivity contribution in [2.75, 3.05) is 13.7 Å². The van der Waals surface area contributed by atoms with E-state index in [-0.39, 0.29) is 18.2 Å². The molecular formula is C19H15NO3S2. The summed E-state index contributed by atoms with van der Waals surface area (Å²) in [7, 11) is 1.58. The van der Waals surface area contributed by atoms with Crippen molar-refractivity contribution in [1.82, 2.24) is 4.90 Å². The van der Waals surface area contributed by atoms with E-state index in [0.717, 1.165) is 5.56 Å². The maximum absolute atomic E-state index is 12.6. The van der Waals surface area contributed by atoms with Crippen LogP contribution in [0.5, 0.6) is 5.75 Å². The predicted octanol–water partition coefficient (Wildman–Crippen LogP) is 3.78. The minimum atomic E-state index is -0.259. The van der Waals surface area contributed by atoms with Gasteiger partial charge in [-0.3, -0.25) is 14.5 Å². The number of nitrogens with zero attached hydrogens (tertiary/aromatic N) is 1. The van der Waals surface area contributed by atoms with Crippen LogP contribution in [0, 0.1) is 0 Å². The fraction of sp³-hybridized carbons (Fsp3) is 0.105. The van der Waals surface area contributed by atoms with Crippen molar-refractivity contribution >= 4 is 46.1 Å². The van der Waals surface area contributed by atoms with E-state index < -0.39 is 0 Å². The van der Waals surface area contributed by atoms with Crippen LogP contribution in [0.25, 0.3) is 6.08 Å². The number of thioether (sulfide) groups is 1. The lowest BCUT2D eigenvalue weighted by Gasteiger charge is -2.13. The molecule has 1 aliphatic heterocycles. The third-order valence-electron chi connectivity index (χ3n) is 3.70. The summed E-state index contributed by atoms with van der Waals surface area (Å²) in [6.45, 7) is -0.0576. The summed E-state index contributed by atoms with van der Waals surface area (Å²) in [4.78, 5) is 26.8. The van der Waals surface area contributed by atoms with Crippen molar-refractivity contribution in [3.63, 3.8) is 0 Å². The average molecular weight is 369 g/mol. The number of carbonyl (C=O) groups is 2. The predicted molar refractivity (Wildman–Crippen MR) is 104 cm³/mol. The molecule has 0 unspecified atom stereocenters. The molecule has 0 aliphatic carbocycles. The largest absolute Gasteiger partial charge is 0.496 e. The molecule has 0 atom stereocenters. The van der Waals surface area contributed by atoms with Gasteiger partial charge in [0.1, 0.15) is 10.1 Å². The number of ketones is 1. The first kappa shape index (κ1) is 17.4. The molecule has 126 valence electrons. The van der Waals surface area contributed by atoms with Gasteiger partial charge in [-0.1, -0.05) is 72.5 Å². The highest BCUT2D eigenvalue weighted by atomic mass is 32.2. The normalized spacial score (nSPS) is 15.7. The highest BCUT2D eigenvalue weighted by Crippen LogP contribution is 2.34. The van der Waals surface area contributed by atoms with Gasteiger partial charge in [-0.15, -0.1) is 0 Å². The molecule has 1 aliphatic rings. The molecule has 1 amide bonds. The van der Waals surface area contributed by atoms with E-state index >= 15 is 0 Å². The Bertz CT molecular complexity index is 862. The first-order valence-corrected chi connectivity index (χ1v) is 8.79. The van der Waals surface area contributed by atoms with Crippen LogP contribution in [-0.4, -0.2) is 34.6 Å². The van der Waals surface area contributed by atoms with Gasteiger partial charge in [-0.2, -0.15) is 0 Å². The number of Topliss-reactive ketones (excluding diaryl/α,β-unsaturated/α-hetero) is 1. The summed E-state index contributed by atoms with van der Waals surface area (Å²) < 4.78 is 5.69. The summed E-state index contributed by atoms with van der Waals surface area (Å²) in [6, 6.07) is 16.3. The van der Waals surface area contributed by atoms with Crippen LogP contribution >= 0.6 is 24.0 Å². The molecule has 1 heterocycles. The number of rotatable bonds is 5. The van der Waals surface area contributed by atoms with Crippen molar-refractivity contribution < 1.29 is 14.3 Å². The average Bonchev–Trinajstić information content (AvgIpc) is 2.90. The van der Waals surface area contributed by atoms with Gasteiger partial charge in [-0.25, -0.2) is 0 Å². The molecule has 4 nitrogen and oxygen atoms in total. The number of benzene rings is 2. The van der Waals surface area contributed by atoms with Crippen LogP contribution < -0.4 is 4.74 Å². The minimum Gasteiger partial charge on any atom is -0.496 e. The van der Waals surface area contributed by atoms with Crippen molar-refractivity contribution in [1.29, 1.82) is 0 Å². The molecule has 0 bridgehead atoms. The van der Waals surface area contributed by atoms with Gasteiger partial charge < -0.3 is 4.74 Å². The van der Waals surface area contributed by atoms with E-state index in [9.17, 15) is 9.59 Å². The summed E-state index contributed by atoms with van der Waals surface area (Å²) in [5.74, 6) is 0.272. The van der Waals surface area contributed by atoms with E-state index in [1.807, 2.05) is 30.3 Å². The Balaban J connectivity index is 1.81. The van der Waals surface area contributed by atoms with E-state index in [2.05, 4.69) is 0 Å². The third-order valence-corrected chi connectivity index (χ3v) is 5.07. The van der Waals surface area contributed by atoms with Crippen LogP contribution in [0.2, 0.25) is 0 Å². The second kappa shape index (κ2) is 7.63. The fourth-order valence-electron chi connectivity index (χ4n) is 2.42. The van der Waals surface area contributed by atoms with Crippen molar-refractivity contribution in [3.8, 4) is 5.75 Å². The molecule has 2 aromatic rings. The fourth-order valence-corrected chi connectivity index (χ4v) is 3.67. The lowest BCUT2D eigenvalue weighted by Crippen LogP contribution is -2.33. The summed E-state index contributed by atoms with van der Waals surface area (Å²) in [5.41, 5.74) is 1.35. The van der Waals surface area contributed by atoms with E-state index in [0.29, 0.717) is 20.5 Å². The van der Waals surface area contributed by atoms with Crippen LogP contribution in [0.3, 0.4) is 0 Å². The van der Waals surface area contributed by atoms with Crippen LogP contribution in [0.15, 0.2) is 59.5 Å². The molecule has 0 radical (unpaired) electrons. The Morgan fingerprint density at radius 1 is 1.16 bits per heavy atom. The molecule has 25 heavy (non-hydrogen) atoms. The van der Waals surface area contributed by atoms with Crippen molar-refractivity contribution in [2.24, 2.45) is 0 Å². The van der Waals surface area contributed by atoms with Gasteiger partial charge in [0.2, 0.25) is 0 Å². The molecule has 6 heteroatoms. The number of para-hydroxylation sites is 1. The molecule has 0 spiro atoms. The standard InChI is InChI=1S/C19H15NO3S2/c1-23-16-10-6-5-9-14(16)11-17-18(22)20(19(24)25-17)12-15(21)13-7-3-2-4-8-13/h2-11H,12H2,1H3/b17-11+. The summed E-state index contributed by atoms with van der Waals surface area (Å²) >= 11 is 6.48. The molecule has 2 aromatic carbocycles. The van der Waals surface area contributed by atoms with Crippen LogP contribution in [-0.2, 0) is 4.79 Å². The van der Waals surface area contributed by atoms with Gasteiger partial charge in [0, 0.05) is 11.1 Å². The molecule has 0 saturated carbocycles. The number of methoxy groups -OCH3 is 1. The molecular weight excluding hydrogens is 354 g/mol. The zero-order valence-corrected chi connectivity index (χ0v) is 15.1. The number of amides is 1.